The maximum absolute atomic E-state index is 11.7. The van der Waals surface area contributed by atoms with Crippen LogP contribution in [-0.4, -0.2) is 22.8 Å². The molecule has 0 bridgehead atoms. The molecule has 7 nitrogen and oxygen atoms in total. The summed E-state index contributed by atoms with van der Waals surface area (Å²) in [6.07, 6.45) is 2.96. The minimum Gasteiger partial charge on any atom is -0.545 e. The number of hydrogen-bond donors (Lipinski definition) is 2. The lowest BCUT2D eigenvalue weighted by Crippen LogP contribution is -2.29. The summed E-state index contributed by atoms with van der Waals surface area (Å²) in [5.41, 5.74) is 0.724. The van der Waals surface area contributed by atoms with Gasteiger partial charge in [-0.3, -0.25) is 14.6 Å². The highest BCUT2D eigenvalue weighted by Crippen LogP contribution is 2.09. The number of benzene rings is 1. The van der Waals surface area contributed by atoms with Gasteiger partial charge in [-0.1, -0.05) is 12.1 Å². The smallest absolute Gasteiger partial charge is 0.314 e. The van der Waals surface area contributed by atoms with E-state index in [0.717, 1.165) is 0 Å². The van der Waals surface area contributed by atoms with Crippen LogP contribution in [0.4, 0.5) is 11.4 Å². The number of rotatable bonds is 3. The van der Waals surface area contributed by atoms with Gasteiger partial charge < -0.3 is 20.5 Å². The number of pyridine rings is 1. The number of aromatic nitrogens is 1. The maximum Gasteiger partial charge on any atom is 0.314 e. The summed E-state index contributed by atoms with van der Waals surface area (Å²) in [6, 6.07) is 8.35. The minimum absolute atomic E-state index is 0.0192. The van der Waals surface area contributed by atoms with Gasteiger partial charge in [0.05, 0.1) is 5.97 Å². The van der Waals surface area contributed by atoms with Crippen LogP contribution < -0.4 is 15.7 Å². The lowest BCUT2D eigenvalue weighted by Gasteiger charge is -2.07. The van der Waals surface area contributed by atoms with E-state index in [9.17, 15) is 19.5 Å². The van der Waals surface area contributed by atoms with Crippen LogP contribution in [0.5, 0.6) is 0 Å². The van der Waals surface area contributed by atoms with Crippen LogP contribution in [0.2, 0.25) is 0 Å². The number of aromatic carboxylic acids is 1. The van der Waals surface area contributed by atoms with Crippen molar-refractivity contribution >= 4 is 29.2 Å². The number of carboxylic acid groups (broad SMARTS) is 1. The summed E-state index contributed by atoms with van der Waals surface area (Å²) in [5, 5.41) is 15.3. The number of nitrogens with one attached hydrogen (secondary N) is 2. The highest BCUT2D eigenvalue weighted by Gasteiger charge is 2.13. The molecule has 2 rings (SSSR count). The first-order valence-electron chi connectivity index (χ1n) is 5.90. The van der Waals surface area contributed by atoms with Gasteiger partial charge >= 0.3 is 11.8 Å². The number of carbonyl (C=O) groups excluding carboxylic acids is 3. The van der Waals surface area contributed by atoms with Crippen LogP contribution in [-0.2, 0) is 9.59 Å². The predicted molar refractivity (Wildman–Crippen MR) is 72.3 cm³/mol. The van der Waals surface area contributed by atoms with Crippen molar-refractivity contribution in [2.75, 3.05) is 10.6 Å². The molecule has 0 saturated carbocycles. The lowest BCUT2D eigenvalue weighted by atomic mass is 10.2. The molecule has 1 aromatic carbocycles. The molecule has 1 aromatic heterocycles. The SMILES string of the molecule is O=C(Nc1ccncc1)C(=O)Nc1ccc(C(=O)[O-])cc1. The van der Waals surface area contributed by atoms with Crippen LogP contribution in [0.1, 0.15) is 10.4 Å². The van der Waals surface area contributed by atoms with Gasteiger partial charge in [-0.2, -0.15) is 0 Å². The van der Waals surface area contributed by atoms with Crippen molar-refractivity contribution in [3.05, 3.63) is 54.4 Å². The second kappa shape index (κ2) is 6.29. The summed E-state index contributed by atoms with van der Waals surface area (Å²) < 4.78 is 0. The van der Waals surface area contributed by atoms with Crippen LogP contribution in [0, 0.1) is 0 Å². The topological polar surface area (TPSA) is 111 Å². The quantitative estimate of drug-likeness (QED) is 0.772. The fraction of sp³-hybridized carbons (Fsp3) is 0. The Kier molecular flexibility index (Phi) is 4.25. The molecule has 0 atom stereocenters. The Bertz CT molecular complexity index is 668. The van der Waals surface area contributed by atoms with Gasteiger partial charge in [0.1, 0.15) is 0 Å². The zero-order valence-corrected chi connectivity index (χ0v) is 10.7. The second-order valence-corrected chi connectivity index (χ2v) is 4.01. The fourth-order valence-corrected chi connectivity index (χ4v) is 1.50. The van der Waals surface area contributed by atoms with E-state index < -0.39 is 17.8 Å². The average Bonchev–Trinajstić information content (AvgIpc) is 2.48. The Morgan fingerprint density at radius 2 is 1.29 bits per heavy atom. The highest BCUT2D eigenvalue weighted by atomic mass is 16.4. The normalized spacial score (nSPS) is 9.71. The summed E-state index contributed by atoms with van der Waals surface area (Å²) in [6.45, 7) is 0. The molecule has 106 valence electrons. The number of carboxylic acids is 1. The molecule has 0 radical (unpaired) electrons. The van der Waals surface area contributed by atoms with E-state index in [0.29, 0.717) is 11.4 Å². The molecule has 0 aliphatic rings. The number of amides is 2. The number of anilines is 2. The Morgan fingerprint density at radius 1 is 0.810 bits per heavy atom. The molecule has 0 aliphatic heterocycles. The second-order valence-electron chi connectivity index (χ2n) is 4.01. The average molecular weight is 284 g/mol. The highest BCUT2D eigenvalue weighted by molar-refractivity contribution is 6.43. The fourth-order valence-electron chi connectivity index (χ4n) is 1.50. The Balaban J connectivity index is 1.97. The summed E-state index contributed by atoms with van der Waals surface area (Å²) in [5.74, 6) is -3.03. The van der Waals surface area contributed by atoms with Crippen molar-refractivity contribution < 1.29 is 19.5 Å². The van der Waals surface area contributed by atoms with Gasteiger partial charge in [0.2, 0.25) is 0 Å². The van der Waals surface area contributed by atoms with E-state index in [1.165, 1.54) is 36.7 Å². The Labute approximate surface area is 119 Å². The van der Waals surface area contributed by atoms with Gasteiger partial charge in [0.25, 0.3) is 0 Å². The number of hydrogen-bond acceptors (Lipinski definition) is 5. The van der Waals surface area contributed by atoms with Crippen molar-refractivity contribution in [1.29, 1.82) is 0 Å². The van der Waals surface area contributed by atoms with Crippen molar-refractivity contribution in [2.45, 2.75) is 0 Å². The molecular weight excluding hydrogens is 274 g/mol. The van der Waals surface area contributed by atoms with E-state index in [-0.39, 0.29) is 5.56 Å². The Morgan fingerprint density at radius 3 is 1.76 bits per heavy atom. The minimum atomic E-state index is -1.32. The van der Waals surface area contributed by atoms with E-state index in [2.05, 4.69) is 15.6 Å². The summed E-state index contributed by atoms with van der Waals surface area (Å²) in [7, 11) is 0. The molecule has 2 N–H and O–H groups in total. The molecule has 0 saturated heterocycles. The molecule has 2 aromatic rings. The first kappa shape index (κ1) is 14.2. The Hall–Kier alpha value is -3.22. The van der Waals surface area contributed by atoms with Crippen molar-refractivity contribution in [1.82, 2.24) is 4.98 Å². The standard InChI is InChI=1S/C14H11N3O4/c18-12(13(19)17-11-5-7-15-8-6-11)16-10-3-1-9(2-4-10)14(20)21/h1-8H,(H,16,18)(H,20,21)(H,15,17,19)/p-1. The van der Waals surface area contributed by atoms with Crippen LogP contribution in [0.25, 0.3) is 0 Å². The third kappa shape index (κ3) is 3.87. The number of nitrogens with zero attached hydrogens (tertiary/aromatic N) is 1. The predicted octanol–water partition coefficient (Wildman–Crippen LogP) is 0.0223. The van der Waals surface area contributed by atoms with Gasteiger partial charge in [0.15, 0.2) is 0 Å². The van der Waals surface area contributed by atoms with E-state index in [1.807, 2.05) is 0 Å². The zero-order chi connectivity index (χ0) is 15.2. The van der Waals surface area contributed by atoms with Crippen LogP contribution >= 0.6 is 0 Å². The largest absolute Gasteiger partial charge is 0.545 e. The van der Waals surface area contributed by atoms with Crippen molar-refractivity contribution in [3.63, 3.8) is 0 Å². The molecule has 0 fully saturated rings. The first-order valence-corrected chi connectivity index (χ1v) is 5.90. The molecule has 21 heavy (non-hydrogen) atoms. The molecule has 0 unspecified atom stereocenters. The van der Waals surface area contributed by atoms with E-state index in [1.54, 1.807) is 12.1 Å². The molecule has 0 aliphatic carbocycles. The van der Waals surface area contributed by atoms with Gasteiger partial charge in [-0.25, -0.2) is 0 Å². The lowest BCUT2D eigenvalue weighted by molar-refractivity contribution is -0.255. The molecule has 7 heteroatoms. The maximum atomic E-state index is 11.7. The van der Waals surface area contributed by atoms with Gasteiger partial charge in [-0.05, 0) is 29.8 Å². The van der Waals surface area contributed by atoms with Crippen LogP contribution in [0.3, 0.4) is 0 Å². The molecule has 1 heterocycles. The summed E-state index contributed by atoms with van der Waals surface area (Å²) >= 11 is 0. The first-order chi connectivity index (χ1) is 10.1. The zero-order valence-electron chi connectivity index (χ0n) is 10.7. The van der Waals surface area contributed by atoms with E-state index in [4.69, 9.17) is 0 Å². The van der Waals surface area contributed by atoms with Gasteiger partial charge in [0, 0.05) is 23.8 Å². The van der Waals surface area contributed by atoms with Crippen LogP contribution in [0.15, 0.2) is 48.8 Å². The molecular formula is C14H10N3O4-. The van der Waals surface area contributed by atoms with Crippen molar-refractivity contribution in [2.24, 2.45) is 0 Å². The summed E-state index contributed by atoms with van der Waals surface area (Å²) in [4.78, 5) is 37.7. The number of carbonyl (C=O) groups is 3. The molecule has 2 amide bonds. The third-order valence-electron chi connectivity index (χ3n) is 2.52. The van der Waals surface area contributed by atoms with Crippen molar-refractivity contribution in [3.8, 4) is 0 Å². The third-order valence-corrected chi connectivity index (χ3v) is 2.52. The van der Waals surface area contributed by atoms with Gasteiger partial charge in [-0.15, -0.1) is 0 Å². The van der Waals surface area contributed by atoms with E-state index >= 15 is 0 Å². The monoisotopic (exact) mass is 284 g/mol. The molecule has 0 spiro atoms.